The molecule has 0 aliphatic carbocycles. The van der Waals surface area contributed by atoms with Crippen LogP contribution in [-0.2, 0) is 4.74 Å². The van der Waals surface area contributed by atoms with E-state index >= 15 is 4.39 Å². The Labute approximate surface area is 176 Å². The van der Waals surface area contributed by atoms with Crippen molar-refractivity contribution in [1.29, 1.82) is 0 Å². The normalized spacial score (nSPS) is 14.6. The fourth-order valence-corrected chi connectivity index (χ4v) is 3.75. The molecule has 30 heavy (non-hydrogen) atoms. The molecule has 2 N–H and O–H groups in total. The van der Waals surface area contributed by atoms with E-state index in [-0.39, 0.29) is 5.75 Å². The zero-order valence-corrected chi connectivity index (χ0v) is 17.4. The molecule has 158 valence electrons. The smallest absolute Gasteiger partial charge is 0.188 e. The summed E-state index contributed by atoms with van der Waals surface area (Å²) in [5.41, 5.74) is 2.52. The van der Waals surface area contributed by atoms with Crippen molar-refractivity contribution < 1.29 is 13.9 Å². The van der Waals surface area contributed by atoms with Crippen molar-refractivity contribution in [3.8, 4) is 5.75 Å². The molecule has 1 fully saturated rings. The number of benzene rings is 2. The highest BCUT2D eigenvalue weighted by Gasteiger charge is 2.14. The average molecular weight is 410 g/mol. The number of hydrogen-bond acceptors (Lipinski definition) is 6. The zero-order valence-electron chi connectivity index (χ0n) is 17.4. The summed E-state index contributed by atoms with van der Waals surface area (Å²) in [5.74, 6) is 0.424. The molecule has 0 atom stereocenters. The molecule has 2 aromatic carbocycles. The number of pyridine rings is 1. The molecule has 1 aromatic heterocycles. The van der Waals surface area contributed by atoms with Gasteiger partial charge in [-0.2, -0.15) is 0 Å². The lowest BCUT2D eigenvalue weighted by Crippen LogP contribution is -2.38. The minimum atomic E-state index is -0.417. The van der Waals surface area contributed by atoms with Gasteiger partial charge in [0, 0.05) is 49.3 Å². The minimum absolute atomic E-state index is 0.236. The van der Waals surface area contributed by atoms with E-state index in [1.165, 1.54) is 0 Å². The summed E-state index contributed by atoms with van der Waals surface area (Å²) >= 11 is 0. The van der Waals surface area contributed by atoms with Crippen molar-refractivity contribution >= 4 is 28.0 Å². The summed E-state index contributed by atoms with van der Waals surface area (Å²) < 4.78 is 26.1. The van der Waals surface area contributed by atoms with Gasteiger partial charge in [-0.3, -0.25) is 4.90 Å². The van der Waals surface area contributed by atoms with Crippen LogP contribution in [0, 0.1) is 12.7 Å². The SMILES string of the molecule is CNc1c(C)ccc2c(Nc3cccc(OCCN4CCOCC4)c3F)nccc12. The molecule has 1 saturated heterocycles. The molecule has 0 radical (unpaired) electrons. The highest BCUT2D eigenvalue weighted by atomic mass is 19.1. The fraction of sp³-hybridized carbons (Fsp3) is 0.348. The van der Waals surface area contributed by atoms with E-state index in [2.05, 4.69) is 27.4 Å². The van der Waals surface area contributed by atoms with E-state index in [9.17, 15) is 0 Å². The molecule has 4 rings (SSSR count). The Balaban J connectivity index is 1.52. The third-order valence-corrected chi connectivity index (χ3v) is 5.39. The number of fused-ring (bicyclic) bond motifs is 1. The summed E-state index contributed by atoms with van der Waals surface area (Å²) in [4.78, 5) is 6.69. The lowest BCUT2D eigenvalue weighted by molar-refractivity contribution is 0.0320. The largest absolute Gasteiger partial charge is 0.489 e. The molecule has 0 spiro atoms. The van der Waals surface area contributed by atoms with E-state index in [1.807, 2.05) is 25.2 Å². The summed E-state index contributed by atoms with van der Waals surface area (Å²) in [6, 6.07) is 11.1. The van der Waals surface area contributed by atoms with Gasteiger partial charge in [-0.05, 0) is 30.7 Å². The van der Waals surface area contributed by atoms with Crippen molar-refractivity contribution in [2.45, 2.75) is 6.92 Å². The van der Waals surface area contributed by atoms with Gasteiger partial charge in [0.05, 0.1) is 18.9 Å². The van der Waals surface area contributed by atoms with Crippen molar-refractivity contribution in [1.82, 2.24) is 9.88 Å². The number of rotatable bonds is 7. The minimum Gasteiger partial charge on any atom is -0.489 e. The van der Waals surface area contributed by atoms with Crippen LogP contribution in [0.2, 0.25) is 0 Å². The summed E-state index contributed by atoms with van der Waals surface area (Å²) in [6.45, 7) is 6.47. The number of anilines is 3. The Kier molecular flexibility index (Phi) is 6.30. The van der Waals surface area contributed by atoms with Gasteiger partial charge in [-0.25, -0.2) is 9.37 Å². The second-order valence-corrected chi connectivity index (χ2v) is 7.31. The van der Waals surface area contributed by atoms with Gasteiger partial charge < -0.3 is 20.1 Å². The van der Waals surface area contributed by atoms with Crippen LogP contribution in [0.25, 0.3) is 10.8 Å². The van der Waals surface area contributed by atoms with Crippen LogP contribution >= 0.6 is 0 Å². The average Bonchev–Trinajstić information content (AvgIpc) is 2.77. The Bertz CT molecular complexity index is 1020. The summed E-state index contributed by atoms with van der Waals surface area (Å²) in [7, 11) is 1.90. The molecule has 1 aliphatic rings. The summed E-state index contributed by atoms with van der Waals surface area (Å²) in [5, 5.41) is 8.34. The zero-order chi connectivity index (χ0) is 20.9. The monoisotopic (exact) mass is 410 g/mol. The van der Waals surface area contributed by atoms with Gasteiger partial charge >= 0.3 is 0 Å². The molecule has 0 saturated carbocycles. The van der Waals surface area contributed by atoms with E-state index < -0.39 is 5.82 Å². The first-order valence-electron chi connectivity index (χ1n) is 10.2. The van der Waals surface area contributed by atoms with Crippen LogP contribution in [0.5, 0.6) is 5.75 Å². The standard InChI is InChI=1S/C23H27FN4O2/c1-16-6-7-18-17(22(16)25-2)8-9-26-23(18)27-19-4-3-5-20(21(19)24)30-15-12-28-10-13-29-14-11-28/h3-9,25H,10-15H2,1-2H3,(H,26,27). The lowest BCUT2D eigenvalue weighted by Gasteiger charge is -2.26. The third-order valence-electron chi connectivity index (χ3n) is 5.39. The maximum atomic E-state index is 15.1. The van der Waals surface area contributed by atoms with Crippen LogP contribution in [-0.4, -0.2) is 56.4 Å². The predicted octanol–water partition coefficient (Wildman–Crippen LogP) is 4.18. The van der Waals surface area contributed by atoms with Crippen LogP contribution in [0.4, 0.5) is 21.6 Å². The molecular weight excluding hydrogens is 383 g/mol. The molecule has 0 bridgehead atoms. The number of hydrogen-bond donors (Lipinski definition) is 2. The number of nitrogens with one attached hydrogen (secondary N) is 2. The van der Waals surface area contributed by atoms with Crippen LogP contribution in [0.3, 0.4) is 0 Å². The maximum absolute atomic E-state index is 15.1. The topological polar surface area (TPSA) is 58.7 Å². The fourth-order valence-electron chi connectivity index (χ4n) is 3.75. The van der Waals surface area contributed by atoms with E-state index in [1.54, 1.807) is 24.4 Å². The number of aromatic nitrogens is 1. The van der Waals surface area contributed by atoms with E-state index in [0.717, 1.165) is 54.9 Å². The van der Waals surface area contributed by atoms with Crippen molar-refractivity contribution in [2.75, 3.05) is 57.1 Å². The van der Waals surface area contributed by atoms with Gasteiger partial charge in [-0.1, -0.05) is 18.2 Å². The van der Waals surface area contributed by atoms with Crippen molar-refractivity contribution in [3.05, 3.63) is 54.0 Å². The van der Waals surface area contributed by atoms with Gasteiger partial charge in [0.15, 0.2) is 11.6 Å². The third kappa shape index (κ3) is 4.32. The van der Waals surface area contributed by atoms with Gasteiger partial charge in [-0.15, -0.1) is 0 Å². The second-order valence-electron chi connectivity index (χ2n) is 7.31. The number of aryl methyl sites for hydroxylation is 1. The number of nitrogens with zero attached hydrogens (tertiary/aromatic N) is 2. The van der Waals surface area contributed by atoms with Crippen LogP contribution < -0.4 is 15.4 Å². The molecule has 2 heterocycles. The molecule has 7 heteroatoms. The van der Waals surface area contributed by atoms with Crippen molar-refractivity contribution in [2.24, 2.45) is 0 Å². The van der Waals surface area contributed by atoms with Gasteiger partial charge in [0.2, 0.25) is 0 Å². The number of halogens is 1. The summed E-state index contributed by atoms with van der Waals surface area (Å²) in [6.07, 6.45) is 1.73. The van der Waals surface area contributed by atoms with Gasteiger partial charge in [0.25, 0.3) is 0 Å². The molecule has 0 unspecified atom stereocenters. The molecule has 6 nitrogen and oxygen atoms in total. The Morgan fingerprint density at radius 3 is 2.77 bits per heavy atom. The first-order valence-corrected chi connectivity index (χ1v) is 10.2. The quantitative estimate of drug-likeness (QED) is 0.610. The Hall–Kier alpha value is -2.90. The van der Waals surface area contributed by atoms with Crippen molar-refractivity contribution in [3.63, 3.8) is 0 Å². The maximum Gasteiger partial charge on any atom is 0.188 e. The molecule has 0 amide bonds. The molecule has 3 aromatic rings. The first-order chi connectivity index (χ1) is 14.7. The second kappa shape index (κ2) is 9.28. The highest BCUT2D eigenvalue weighted by Crippen LogP contribution is 2.33. The molecular formula is C23H27FN4O2. The number of morpholine rings is 1. The highest BCUT2D eigenvalue weighted by molar-refractivity contribution is 6.01. The van der Waals surface area contributed by atoms with E-state index in [0.29, 0.717) is 18.1 Å². The van der Waals surface area contributed by atoms with E-state index in [4.69, 9.17) is 9.47 Å². The Morgan fingerprint density at radius 1 is 1.13 bits per heavy atom. The van der Waals surface area contributed by atoms with Crippen LogP contribution in [0.15, 0.2) is 42.6 Å². The first kappa shape index (κ1) is 20.4. The number of ether oxygens (including phenoxy) is 2. The predicted molar refractivity (Wildman–Crippen MR) is 118 cm³/mol. The van der Waals surface area contributed by atoms with Crippen LogP contribution in [0.1, 0.15) is 5.56 Å². The lowest BCUT2D eigenvalue weighted by atomic mass is 10.1. The van der Waals surface area contributed by atoms with Gasteiger partial charge in [0.1, 0.15) is 12.4 Å². The molecule has 1 aliphatic heterocycles. The Morgan fingerprint density at radius 2 is 1.97 bits per heavy atom.